The molecule has 1 rings (SSSR count). The Bertz CT molecular complexity index is 165. The van der Waals surface area contributed by atoms with Gasteiger partial charge < -0.3 is 0 Å². The second-order valence-corrected chi connectivity index (χ2v) is 6.68. The lowest BCUT2D eigenvalue weighted by atomic mass is 9.88. The van der Waals surface area contributed by atoms with Crippen LogP contribution >= 0.6 is 10.9 Å². The number of hydrogen-bond donors (Lipinski definition) is 1. The van der Waals surface area contributed by atoms with E-state index in [0.29, 0.717) is 18.1 Å². The molecule has 0 bridgehead atoms. The lowest BCUT2D eigenvalue weighted by Crippen LogP contribution is -2.30. The van der Waals surface area contributed by atoms with Gasteiger partial charge in [0.2, 0.25) is 0 Å². The Labute approximate surface area is 80.2 Å². The largest absolute Gasteiger partial charge is 0.391 e. The molecule has 0 aromatic heterocycles. The summed E-state index contributed by atoms with van der Waals surface area (Å²) in [4.78, 5) is 0. The van der Waals surface area contributed by atoms with E-state index in [1.54, 1.807) is 0 Å². The smallest absolute Gasteiger partial charge is 0.256 e. The Morgan fingerprint density at radius 3 is 2.23 bits per heavy atom. The molecular weight excluding hydrogens is 197 g/mol. The van der Waals surface area contributed by atoms with E-state index >= 15 is 0 Å². The van der Waals surface area contributed by atoms with E-state index in [0.717, 1.165) is 12.8 Å². The molecule has 80 valence electrons. The molecule has 4 heteroatoms. The van der Waals surface area contributed by atoms with Gasteiger partial charge in [-0.2, -0.15) is 13.2 Å². The molecule has 1 aliphatic rings. The van der Waals surface area contributed by atoms with Crippen molar-refractivity contribution in [3.05, 3.63) is 0 Å². The van der Waals surface area contributed by atoms with Gasteiger partial charge in [-0.05, 0) is 37.0 Å². The van der Waals surface area contributed by atoms with Crippen molar-refractivity contribution in [3.63, 3.8) is 0 Å². The monoisotopic (exact) mass is 214 g/mol. The Kier molecular flexibility index (Phi) is 3.55. The zero-order chi connectivity index (χ0) is 10.1. The summed E-state index contributed by atoms with van der Waals surface area (Å²) in [5.41, 5.74) is 0. The summed E-state index contributed by atoms with van der Waals surface area (Å²) in [7, 11) is -0.192. The van der Waals surface area contributed by atoms with Crippen LogP contribution in [-0.2, 0) is 0 Å². The van der Waals surface area contributed by atoms with E-state index in [9.17, 15) is 13.2 Å². The molecule has 0 aromatic carbocycles. The van der Waals surface area contributed by atoms with Gasteiger partial charge in [0.25, 0.3) is 0 Å². The fourth-order valence-electron chi connectivity index (χ4n) is 1.93. The molecule has 0 aromatic rings. The molecule has 0 spiro atoms. The van der Waals surface area contributed by atoms with Crippen molar-refractivity contribution in [1.82, 2.24) is 0 Å². The maximum atomic E-state index is 12.4. The van der Waals surface area contributed by atoms with Crippen LogP contribution in [0.15, 0.2) is 0 Å². The summed E-state index contributed by atoms with van der Waals surface area (Å²) >= 11 is 0. The summed E-state index contributed by atoms with van der Waals surface area (Å²) in [5.74, 6) is -1.02. The van der Waals surface area contributed by atoms with Gasteiger partial charge in [0.05, 0.1) is 5.92 Å². The van der Waals surface area contributed by atoms with Gasteiger partial charge in [0.15, 0.2) is 0 Å². The third kappa shape index (κ3) is 3.08. The Morgan fingerprint density at radius 1 is 1.15 bits per heavy atom. The molecular formula is C9H17F3S. The first-order valence-corrected chi connectivity index (χ1v) is 6.95. The molecule has 1 fully saturated rings. The summed E-state index contributed by atoms with van der Waals surface area (Å²) in [5, 5.41) is 0.343. The number of thiol groups is 1. The number of alkyl halides is 3. The average Bonchev–Trinajstić information content (AvgIpc) is 2.03. The van der Waals surface area contributed by atoms with Gasteiger partial charge in [-0.3, -0.25) is 10.9 Å². The van der Waals surface area contributed by atoms with Crippen LogP contribution in [0.25, 0.3) is 0 Å². The lowest BCUT2D eigenvalue weighted by molar-refractivity contribution is -0.181. The summed E-state index contributed by atoms with van der Waals surface area (Å²) in [6.07, 6.45) is 2.70. The minimum absolute atomic E-state index is 0.192. The van der Waals surface area contributed by atoms with Crippen LogP contribution in [-0.4, -0.2) is 23.9 Å². The van der Waals surface area contributed by atoms with Crippen LogP contribution in [0.1, 0.15) is 25.7 Å². The van der Waals surface area contributed by atoms with Crippen molar-refractivity contribution in [3.8, 4) is 0 Å². The third-order valence-electron chi connectivity index (χ3n) is 2.84. The second kappa shape index (κ2) is 4.11. The molecule has 0 nitrogen and oxygen atoms in total. The van der Waals surface area contributed by atoms with Crippen LogP contribution in [0.4, 0.5) is 13.2 Å². The van der Waals surface area contributed by atoms with Crippen molar-refractivity contribution < 1.29 is 13.2 Å². The lowest BCUT2D eigenvalue weighted by Gasteiger charge is -2.34. The van der Waals surface area contributed by atoms with Crippen molar-refractivity contribution in [2.24, 2.45) is 5.92 Å². The normalized spacial score (nSPS) is 31.6. The molecule has 0 radical (unpaired) electrons. The molecule has 0 heterocycles. The third-order valence-corrected chi connectivity index (χ3v) is 4.77. The molecule has 2 unspecified atom stereocenters. The van der Waals surface area contributed by atoms with Crippen LogP contribution in [0.5, 0.6) is 0 Å². The highest BCUT2D eigenvalue weighted by atomic mass is 32.2. The fourth-order valence-corrected chi connectivity index (χ4v) is 3.31. The quantitative estimate of drug-likeness (QED) is 0.636. The van der Waals surface area contributed by atoms with Crippen molar-refractivity contribution in [1.29, 1.82) is 0 Å². The first kappa shape index (κ1) is 11.2. The summed E-state index contributed by atoms with van der Waals surface area (Å²) in [6.45, 7) is 0. The SMILES string of the molecule is C[SH](C)C1CCCC(C(F)(F)F)C1. The van der Waals surface area contributed by atoms with Gasteiger partial charge in [0, 0.05) is 0 Å². The minimum atomic E-state index is -3.95. The topological polar surface area (TPSA) is 0 Å². The average molecular weight is 214 g/mol. The molecule has 0 aliphatic heterocycles. The van der Waals surface area contributed by atoms with Crippen molar-refractivity contribution in [2.75, 3.05) is 12.5 Å². The van der Waals surface area contributed by atoms with E-state index in [1.807, 2.05) is 0 Å². The van der Waals surface area contributed by atoms with Crippen LogP contribution in [0.3, 0.4) is 0 Å². The first-order valence-electron chi connectivity index (χ1n) is 4.64. The van der Waals surface area contributed by atoms with E-state index in [2.05, 4.69) is 12.5 Å². The minimum Gasteiger partial charge on any atom is -0.256 e. The Balaban J connectivity index is 2.52. The molecule has 0 saturated heterocycles. The Morgan fingerprint density at radius 2 is 1.77 bits per heavy atom. The molecule has 0 amide bonds. The molecule has 1 aliphatic carbocycles. The standard InChI is InChI=1S/C9H17F3S/c1-13(2)8-5-3-4-7(6-8)9(10,11)12/h7-8,13H,3-6H2,1-2H3. The van der Waals surface area contributed by atoms with Gasteiger partial charge in [-0.25, -0.2) is 0 Å². The highest BCUT2D eigenvalue weighted by Gasteiger charge is 2.42. The first-order chi connectivity index (χ1) is 5.91. The maximum absolute atomic E-state index is 12.4. The molecule has 2 atom stereocenters. The highest BCUT2D eigenvalue weighted by Crippen LogP contribution is 2.43. The second-order valence-electron chi connectivity index (χ2n) is 4.02. The van der Waals surface area contributed by atoms with Gasteiger partial charge in [0.1, 0.15) is 0 Å². The van der Waals surface area contributed by atoms with E-state index in [1.165, 1.54) is 0 Å². The van der Waals surface area contributed by atoms with Crippen molar-refractivity contribution >= 4 is 10.9 Å². The molecule has 13 heavy (non-hydrogen) atoms. The van der Waals surface area contributed by atoms with Gasteiger partial charge in [-0.1, -0.05) is 6.42 Å². The van der Waals surface area contributed by atoms with E-state index in [4.69, 9.17) is 0 Å². The van der Waals surface area contributed by atoms with Crippen LogP contribution in [0.2, 0.25) is 0 Å². The Hall–Kier alpha value is 0.140. The van der Waals surface area contributed by atoms with Crippen molar-refractivity contribution in [2.45, 2.75) is 37.1 Å². The van der Waals surface area contributed by atoms with E-state index in [-0.39, 0.29) is 10.9 Å². The fraction of sp³-hybridized carbons (Fsp3) is 1.00. The highest BCUT2D eigenvalue weighted by molar-refractivity contribution is 8.16. The summed E-state index contributed by atoms with van der Waals surface area (Å²) in [6, 6.07) is 0. The predicted octanol–water partition coefficient (Wildman–Crippen LogP) is 3.37. The number of halogens is 3. The predicted molar refractivity (Wildman–Crippen MR) is 52.6 cm³/mol. The molecule has 1 saturated carbocycles. The van der Waals surface area contributed by atoms with Gasteiger partial charge in [-0.15, -0.1) is 0 Å². The summed E-state index contributed by atoms with van der Waals surface area (Å²) < 4.78 is 37.2. The van der Waals surface area contributed by atoms with Crippen LogP contribution in [0, 0.1) is 5.92 Å². The van der Waals surface area contributed by atoms with Crippen LogP contribution < -0.4 is 0 Å². The van der Waals surface area contributed by atoms with Gasteiger partial charge >= 0.3 is 6.18 Å². The number of rotatable bonds is 1. The van der Waals surface area contributed by atoms with E-state index < -0.39 is 12.1 Å². The molecule has 0 N–H and O–H groups in total. The number of hydrogen-bond acceptors (Lipinski definition) is 0. The zero-order valence-electron chi connectivity index (χ0n) is 8.06. The maximum Gasteiger partial charge on any atom is 0.391 e. The zero-order valence-corrected chi connectivity index (χ0v) is 8.96.